The Bertz CT molecular complexity index is 473. The molecule has 1 aliphatic heterocycles. The molecule has 1 aromatic carbocycles. The van der Waals surface area contributed by atoms with E-state index in [-0.39, 0.29) is 11.9 Å². The van der Waals surface area contributed by atoms with E-state index < -0.39 is 6.10 Å². The first-order valence-electron chi connectivity index (χ1n) is 7.38. The van der Waals surface area contributed by atoms with Gasteiger partial charge in [0.05, 0.1) is 12.7 Å². The van der Waals surface area contributed by atoms with Crippen molar-refractivity contribution >= 4 is 5.91 Å². The maximum Gasteiger partial charge on any atom is 0.254 e. The summed E-state index contributed by atoms with van der Waals surface area (Å²) in [5, 5.41) is 9.86. The Morgan fingerprint density at radius 3 is 2.62 bits per heavy atom. The van der Waals surface area contributed by atoms with Crippen molar-refractivity contribution in [3.63, 3.8) is 0 Å². The fourth-order valence-corrected chi connectivity index (χ4v) is 2.76. The van der Waals surface area contributed by atoms with E-state index in [1.54, 1.807) is 17.0 Å². The number of likely N-dealkylation sites (tertiary alicyclic amines) is 1. The lowest BCUT2D eigenvalue weighted by Gasteiger charge is -2.27. The van der Waals surface area contributed by atoms with Gasteiger partial charge in [0, 0.05) is 24.7 Å². The standard InChI is InChI=1S/C16H24N2O3/c1-4-21-15-7-5-12(6-8-15)16(20)18-11-14(19)9-13(18)10-17(2)3/h5-8,13-14,19H,4,9-11H2,1-3H3. The van der Waals surface area contributed by atoms with Gasteiger partial charge in [-0.3, -0.25) is 4.79 Å². The van der Waals surface area contributed by atoms with E-state index in [0.717, 1.165) is 12.3 Å². The average Bonchev–Trinajstić information content (AvgIpc) is 2.79. The van der Waals surface area contributed by atoms with E-state index in [1.165, 1.54) is 0 Å². The van der Waals surface area contributed by atoms with E-state index in [4.69, 9.17) is 4.74 Å². The average molecular weight is 292 g/mol. The molecule has 1 N–H and O–H groups in total. The topological polar surface area (TPSA) is 53.0 Å². The summed E-state index contributed by atoms with van der Waals surface area (Å²) < 4.78 is 5.39. The Labute approximate surface area is 126 Å². The van der Waals surface area contributed by atoms with Gasteiger partial charge in [-0.1, -0.05) is 0 Å². The van der Waals surface area contributed by atoms with Crippen LogP contribution in [-0.4, -0.2) is 66.8 Å². The molecule has 1 fully saturated rings. The van der Waals surface area contributed by atoms with E-state index in [0.29, 0.717) is 25.1 Å². The summed E-state index contributed by atoms with van der Waals surface area (Å²) >= 11 is 0. The molecule has 21 heavy (non-hydrogen) atoms. The number of β-amino-alcohol motifs (C(OH)–C–C–N with tert-alkyl or cyclic N) is 1. The van der Waals surface area contributed by atoms with Gasteiger partial charge < -0.3 is 19.6 Å². The first kappa shape index (κ1) is 15.8. The highest BCUT2D eigenvalue weighted by atomic mass is 16.5. The second-order valence-electron chi connectivity index (χ2n) is 5.72. The lowest BCUT2D eigenvalue weighted by Crippen LogP contribution is -2.41. The number of carbonyl (C=O) groups is 1. The van der Waals surface area contributed by atoms with Crippen LogP contribution in [0, 0.1) is 0 Å². The van der Waals surface area contributed by atoms with Gasteiger partial charge in [-0.15, -0.1) is 0 Å². The Morgan fingerprint density at radius 1 is 1.38 bits per heavy atom. The highest BCUT2D eigenvalue weighted by molar-refractivity contribution is 5.94. The zero-order valence-electron chi connectivity index (χ0n) is 13.0. The third-order valence-corrected chi connectivity index (χ3v) is 3.64. The molecular formula is C16H24N2O3. The van der Waals surface area contributed by atoms with Crippen LogP contribution in [0.4, 0.5) is 0 Å². The van der Waals surface area contributed by atoms with Crippen molar-refractivity contribution in [1.29, 1.82) is 0 Å². The third-order valence-electron chi connectivity index (χ3n) is 3.64. The van der Waals surface area contributed by atoms with Gasteiger partial charge in [-0.2, -0.15) is 0 Å². The fraction of sp³-hybridized carbons (Fsp3) is 0.562. The molecule has 0 spiro atoms. The van der Waals surface area contributed by atoms with Gasteiger partial charge in [0.1, 0.15) is 5.75 Å². The van der Waals surface area contributed by atoms with Crippen LogP contribution in [0.5, 0.6) is 5.75 Å². The number of carbonyl (C=O) groups excluding carboxylic acids is 1. The van der Waals surface area contributed by atoms with E-state index in [1.807, 2.05) is 38.1 Å². The number of amides is 1. The number of rotatable bonds is 5. The molecule has 1 heterocycles. The minimum atomic E-state index is -0.429. The van der Waals surface area contributed by atoms with Crippen LogP contribution in [0.15, 0.2) is 24.3 Å². The summed E-state index contributed by atoms with van der Waals surface area (Å²) in [6.07, 6.45) is 0.211. The van der Waals surface area contributed by atoms with Crippen LogP contribution < -0.4 is 4.74 Å². The molecule has 0 aromatic heterocycles. The van der Waals surface area contributed by atoms with Gasteiger partial charge in [-0.25, -0.2) is 0 Å². The molecule has 0 saturated carbocycles. The minimum absolute atomic E-state index is 0.0264. The van der Waals surface area contributed by atoms with E-state index >= 15 is 0 Å². The molecule has 2 unspecified atom stereocenters. The summed E-state index contributed by atoms with van der Waals surface area (Å²) in [4.78, 5) is 16.4. The number of likely N-dealkylation sites (N-methyl/N-ethyl adjacent to an activating group) is 1. The SMILES string of the molecule is CCOc1ccc(C(=O)N2CC(O)CC2CN(C)C)cc1. The van der Waals surface area contributed by atoms with Gasteiger partial charge in [0.2, 0.25) is 0 Å². The molecule has 1 amide bonds. The lowest BCUT2D eigenvalue weighted by molar-refractivity contribution is 0.0699. The molecule has 2 atom stereocenters. The first-order valence-corrected chi connectivity index (χ1v) is 7.38. The van der Waals surface area contributed by atoms with Crippen LogP contribution in [0.1, 0.15) is 23.7 Å². The van der Waals surface area contributed by atoms with E-state index in [9.17, 15) is 9.90 Å². The van der Waals surface area contributed by atoms with Crippen LogP contribution in [0.25, 0.3) is 0 Å². The summed E-state index contributed by atoms with van der Waals surface area (Å²) in [6.45, 7) is 3.71. The maximum absolute atomic E-state index is 12.6. The van der Waals surface area contributed by atoms with Crippen molar-refractivity contribution in [2.75, 3.05) is 33.8 Å². The largest absolute Gasteiger partial charge is 0.494 e. The molecule has 0 bridgehead atoms. The van der Waals surface area contributed by atoms with Crippen LogP contribution >= 0.6 is 0 Å². The van der Waals surface area contributed by atoms with Crippen LogP contribution in [-0.2, 0) is 0 Å². The number of hydrogen-bond acceptors (Lipinski definition) is 4. The summed E-state index contributed by atoms with van der Waals surface area (Å²) in [5.74, 6) is 0.738. The first-order chi connectivity index (χ1) is 10.0. The second-order valence-corrected chi connectivity index (χ2v) is 5.72. The zero-order chi connectivity index (χ0) is 15.4. The Morgan fingerprint density at radius 2 is 2.05 bits per heavy atom. The normalized spacial score (nSPS) is 21.9. The van der Waals surface area contributed by atoms with Crippen molar-refractivity contribution in [1.82, 2.24) is 9.80 Å². The number of benzene rings is 1. The molecule has 1 aromatic rings. The number of hydrogen-bond donors (Lipinski definition) is 1. The number of aliphatic hydroxyl groups excluding tert-OH is 1. The number of aliphatic hydroxyl groups is 1. The highest BCUT2D eigenvalue weighted by Crippen LogP contribution is 2.22. The van der Waals surface area contributed by atoms with Gasteiger partial charge in [0.15, 0.2) is 0 Å². The predicted octanol–water partition coefficient (Wildman–Crippen LogP) is 1.22. The quantitative estimate of drug-likeness (QED) is 0.886. The molecule has 0 aliphatic carbocycles. The Balaban J connectivity index is 2.10. The van der Waals surface area contributed by atoms with Gasteiger partial charge in [0.25, 0.3) is 5.91 Å². The molecule has 0 radical (unpaired) electrons. The smallest absolute Gasteiger partial charge is 0.254 e. The molecular weight excluding hydrogens is 268 g/mol. The summed E-state index contributed by atoms with van der Waals surface area (Å²) in [7, 11) is 3.95. The molecule has 5 heteroatoms. The number of nitrogens with zero attached hydrogens (tertiary/aromatic N) is 2. The minimum Gasteiger partial charge on any atom is -0.494 e. The molecule has 1 aliphatic rings. The predicted molar refractivity (Wildman–Crippen MR) is 81.6 cm³/mol. The summed E-state index contributed by atoms with van der Waals surface area (Å²) in [5.41, 5.74) is 0.635. The van der Waals surface area contributed by atoms with Crippen molar-refractivity contribution in [3.05, 3.63) is 29.8 Å². The molecule has 2 rings (SSSR count). The molecule has 1 saturated heterocycles. The maximum atomic E-state index is 12.6. The van der Waals surface area contributed by atoms with Crippen LogP contribution in [0.2, 0.25) is 0 Å². The Kier molecular flexibility index (Phi) is 5.20. The molecule has 5 nitrogen and oxygen atoms in total. The van der Waals surface area contributed by atoms with E-state index in [2.05, 4.69) is 0 Å². The fourth-order valence-electron chi connectivity index (χ4n) is 2.76. The van der Waals surface area contributed by atoms with Crippen LogP contribution in [0.3, 0.4) is 0 Å². The lowest BCUT2D eigenvalue weighted by atomic mass is 10.1. The Hall–Kier alpha value is -1.59. The van der Waals surface area contributed by atoms with Crippen molar-refractivity contribution < 1.29 is 14.6 Å². The van der Waals surface area contributed by atoms with Gasteiger partial charge in [-0.05, 0) is 51.7 Å². The highest BCUT2D eigenvalue weighted by Gasteiger charge is 2.34. The molecule has 116 valence electrons. The zero-order valence-corrected chi connectivity index (χ0v) is 13.0. The monoisotopic (exact) mass is 292 g/mol. The van der Waals surface area contributed by atoms with Crippen molar-refractivity contribution in [3.8, 4) is 5.75 Å². The summed E-state index contributed by atoms with van der Waals surface area (Å²) in [6, 6.07) is 7.25. The second kappa shape index (κ2) is 6.91. The van der Waals surface area contributed by atoms with Crippen molar-refractivity contribution in [2.24, 2.45) is 0 Å². The van der Waals surface area contributed by atoms with Crippen molar-refractivity contribution in [2.45, 2.75) is 25.5 Å². The number of ether oxygens (including phenoxy) is 1. The third kappa shape index (κ3) is 3.95. The van der Waals surface area contributed by atoms with Gasteiger partial charge >= 0.3 is 0 Å².